The Morgan fingerprint density at radius 2 is 2.05 bits per heavy atom. The number of hydrogen-bond acceptors (Lipinski definition) is 5. The Bertz CT molecular complexity index is 504. The summed E-state index contributed by atoms with van der Waals surface area (Å²) in [7, 11) is -1.70. The van der Waals surface area contributed by atoms with Crippen LogP contribution in [0.5, 0.6) is 5.75 Å². The molecule has 112 valence electrons. The summed E-state index contributed by atoms with van der Waals surface area (Å²) in [5, 5.41) is 21.8. The van der Waals surface area contributed by atoms with Crippen LogP contribution < -0.4 is 10.2 Å². The maximum Gasteiger partial charge on any atom is 0.489 e. The van der Waals surface area contributed by atoms with Crippen LogP contribution in [0.4, 0.5) is 0 Å². The van der Waals surface area contributed by atoms with Crippen LogP contribution in [0.2, 0.25) is 0 Å². The molecule has 1 rings (SSSR count). The van der Waals surface area contributed by atoms with Gasteiger partial charge >= 0.3 is 7.12 Å². The molecule has 0 aromatic heterocycles. The zero-order valence-corrected chi connectivity index (χ0v) is 11.7. The van der Waals surface area contributed by atoms with Gasteiger partial charge in [0.2, 0.25) is 0 Å². The molecule has 0 fully saturated rings. The van der Waals surface area contributed by atoms with E-state index in [-0.39, 0.29) is 11.0 Å². The standard InChI is InChI=1S/C13H18BN3O4/c15-17-16-7-3-1-2-4-8-21-12-6-5-11(10-18)13(9-12)14(19)20/h5-6,9-10,19-20H,1-4,7-8H2. The van der Waals surface area contributed by atoms with Crippen molar-refractivity contribution in [2.45, 2.75) is 25.7 Å². The molecule has 0 heterocycles. The highest BCUT2D eigenvalue weighted by atomic mass is 16.5. The van der Waals surface area contributed by atoms with Crippen molar-refractivity contribution in [3.63, 3.8) is 0 Å². The third-order valence-corrected chi connectivity index (χ3v) is 2.95. The van der Waals surface area contributed by atoms with E-state index in [0.717, 1.165) is 25.7 Å². The summed E-state index contributed by atoms with van der Waals surface area (Å²) in [6.45, 7) is 1.02. The van der Waals surface area contributed by atoms with Crippen LogP contribution in [-0.4, -0.2) is 36.6 Å². The minimum absolute atomic E-state index is 0.136. The van der Waals surface area contributed by atoms with Crippen LogP contribution in [-0.2, 0) is 0 Å². The number of unbranched alkanes of at least 4 members (excludes halogenated alkanes) is 3. The van der Waals surface area contributed by atoms with E-state index >= 15 is 0 Å². The molecule has 0 bridgehead atoms. The molecule has 2 N–H and O–H groups in total. The molecule has 0 unspecified atom stereocenters. The van der Waals surface area contributed by atoms with Gasteiger partial charge in [0.05, 0.1) is 6.61 Å². The number of azide groups is 1. The zero-order valence-electron chi connectivity index (χ0n) is 11.7. The van der Waals surface area contributed by atoms with Gasteiger partial charge in [0, 0.05) is 17.0 Å². The molecular formula is C13H18BN3O4. The van der Waals surface area contributed by atoms with Crippen molar-refractivity contribution in [1.29, 1.82) is 0 Å². The number of carbonyl (C=O) groups is 1. The summed E-state index contributed by atoms with van der Waals surface area (Å²) in [6.07, 6.45) is 4.21. The number of ether oxygens (including phenoxy) is 1. The van der Waals surface area contributed by atoms with Crippen LogP contribution in [0, 0.1) is 0 Å². The van der Waals surface area contributed by atoms with E-state index in [1.54, 1.807) is 6.07 Å². The van der Waals surface area contributed by atoms with Gasteiger partial charge < -0.3 is 14.8 Å². The molecule has 0 saturated carbocycles. The highest BCUT2D eigenvalue weighted by Gasteiger charge is 2.16. The molecule has 0 saturated heterocycles. The molecule has 0 aliphatic carbocycles. The minimum atomic E-state index is -1.70. The highest BCUT2D eigenvalue weighted by molar-refractivity contribution is 6.60. The third kappa shape index (κ3) is 6.31. The van der Waals surface area contributed by atoms with Crippen molar-refractivity contribution < 1.29 is 19.6 Å². The van der Waals surface area contributed by atoms with Crippen molar-refractivity contribution in [1.82, 2.24) is 0 Å². The van der Waals surface area contributed by atoms with Gasteiger partial charge in [-0.15, -0.1) is 0 Å². The van der Waals surface area contributed by atoms with Crippen molar-refractivity contribution in [2.24, 2.45) is 5.11 Å². The molecule has 0 spiro atoms. The van der Waals surface area contributed by atoms with E-state index in [1.807, 2.05) is 0 Å². The van der Waals surface area contributed by atoms with E-state index in [0.29, 0.717) is 25.2 Å². The van der Waals surface area contributed by atoms with Gasteiger partial charge in [-0.25, -0.2) is 0 Å². The van der Waals surface area contributed by atoms with Crippen LogP contribution in [0.25, 0.3) is 10.4 Å². The number of aldehydes is 1. The van der Waals surface area contributed by atoms with Gasteiger partial charge in [-0.3, -0.25) is 4.79 Å². The van der Waals surface area contributed by atoms with Gasteiger partial charge in [0.25, 0.3) is 0 Å². The fourth-order valence-corrected chi connectivity index (χ4v) is 1.85. The van der Waals surface area contributed by atoms with Crippen LogP contribution in [0.15, 0.2) is 23.3 Å². The topological polar surface area (TPSA) is 116 Å². The van der Waals surface area contributed by atoms with Crippen molar-refractivity contribution >= 4 is 18.9 Å². The summed E-state index contributed by atoms with van der Waals surface area (Å²) < 4.78 is 5.50. The zero-order chi connectivity index (χ0) is 15.5. The Labute approximate surface area is 123 Å². The van der Waals surface area contributed by atoms with E-state index in [1.165, 1.54) is 12.1 Å². The molecule has 7 nitrogen and oxygen atoms in total. The lowest BCUT2D eigenvalue weighted by Gasteiger charge is -2.09. The summed E-state index contributed by atoms with van der Waals surface area (Å²) >= 11 is 0. The second-order valence-corrected chi connectivity index (χ2v) is 4.50. The molecule has 0 amide bonds. The molecular weight excluding hydrogens is 273 g/mol. The lowest BCUT2D eigenvalue weighted by molar-refractivity contribution is 0.112. The number of carbonyl (C=O) groups excluding carboxylic acids is 1. The van der Waals surface area contributed by atoms with Gasteiger partial charge in [-0.1, -0.05) is 18.0 Å². The Kier molecular flexibility index (Phi) is 7.97. The molecule has 0 aliphatic rings. The van der Waals surface area contributed by atoms with E-state index in [2.05, 4.69) is 10.0 Å². The van der Waals surface area contributed by atoms with Gasteiger partial charge in [-0.05, 0) is 42.0 Å². The van der Waals surface area contributed by atoms with Gasteiger partial charge in [-0.2, -0.15) is 0 Å². The second kappa shape index (κ2) is 9.82. The Hall–Kier alpha value is -2.02. The number of hydrogen-bond donors (Lipinski definition) is 2. The Morgan fingerprint density at radius 3 is 2.71 bits per heavy atom. The van der Waals surface area contributed by atoms with Crippen LogP contribution >= 0.6 is 0 Å². The predicted octanol–water partition coefficient (Wildman–Crippen LogP) is 1.43. The molecule has 1 aromatic carbocycles. The van der Waals surface area contributed by atoms with Gasteiger partial charge in [0.1, 0.15) is 12.0 Å². The first-order valence-electron chi connectivity index (χ1n) is 6.78. The fraction of sp³-hybridized carbons (Fsp3) is 0.462. The molecule has 21 heavy (non-hydrogen) atoms. The molecule has 1 aromatic rings. The van der Waals surface area contributed by atoms with Crippen LogP contribution in [0.3, 0.4) is 0 Å². The first-order chi connectivity index (χ1) is 10.2. The fourth-order valence-electron chi connectivity index (χ4n) is 1.85. The number of nitrogens with zero attached hydrogens (tertiary/aromatic N) is 3. The molecule has 0 aliphatic heterocycles. The smallest absolute Gasteiger partial charge is 0.489 e. The summed E-state index contributed by atoms with van der Waals surface area (Å²) in [4.78, 5) is 13.4. The second-order valence-electron chi connectivity index (χ2n) is 4.50. The molecule has 0 atom stereocenters. The van der Waals surface area contributed by atoms with Gasteiger partial charge in [0.15, 0.2) is 0 Å². The van der Waals surface area contributed by atoms with Crippen molar-refractivity contribution in [3.8, 4) is 5.75 Å². The number of rotatable bonds is 10. The SMILES string of the molecule is [N-]=[N+]=NCCCCCCOc1ccc(C=O)c(B(O)O)c1. The van der Waals surface area contributed by atoms with E-state index in [4.69, 9.17) is 10.3 Å². The van der Waals surface area contributed by atoms with E-state index < -0.39 is 7.12 Å². The monoisotopic (exact) mass is 291 g/mol. The average Bonchev–Trinajstić information content (AvgIpc) is 2.49. The first-order valence-corrected chi connectivity index (χ1v) is 6.78. The summed E-state index contributed by atoms with van der Waals surface area (Å²) in [5.74, 6) is 0.498. The molecule has 8 heteroatoms. The Balaban J connectivity index is 2.34. The highest BCUT2D eigenvalue weighted by Crippen LogP contribution is 2.11. The first kappa shape index (κ1) is 17.0. The lowest BCUT2D eigenvalue weighted by Crippen LogP contribution is -2.33. The quantitative estimate of drug-likeness (QED) is 0.169. The average molecular weight is 291 g/mol. The summed E-state index contributed by atoms with van der Waals surface area (Å²) in [5.41, 5.74) is 8.48. The van der Waals surface area contributed by atoms with Crippen LogP contribution in [0.1, 0.15) is 36.0 Å². The van der Waals surface area contributed by atoms with Crippen molar-refractivity contribution in [2.75, 3.05) is 13.2 Å². The maximum atomic E-state index is 10.8. The Morgan fingerprint density at radius 1 is 1.29 bits per heavy atom. The predicted molar refractivity (Wildman–Crippen MR) is 79.6 cm³/mol. The maximum absolute atomic E-state index is 10.8. The normalized spacial score (nSPS) is 9.81. The van der Waals surface area contributed by atoms with E-state index in [9.17, 15) is 14.8 Å². The largest absolute Gasteiger partial charge is 0.494 e. The lowest BCUT2D eigenvalue weighted by atomic mass is 9.77. The van der Waals surface area contributed by atoms with Crippen molar-refractivity contribution in [3.05, 3.63) is 34.2 Å². The number of benzene rings is 1. The third-order valence-electron chi connectivity index (χ3n) is 2.95. The molecule has 0 radical (unpaired) electrons. The summed E-state index contributed by atoms with van der Waals surface area (Å²) in [6, 6.07) is 4.57. The minimum Gasteiger partial charge on any atom is -0.494 e.